The Bertz CT molecular complexity index is 402. The SMILES string of the molecule is Clc1ccc(OC2CNC2)c(OC2CCC2)c1. The molecule has 0 unspecified atom stereocenters. The second-order valence-electron chi connectivity index (χ2n) is 4.66. The van der Waals surface area contributed by atoms with Crippen LogP contribution in [0.2, 0.25) is 5.02 Å². The topological polar surface area (TPSA) is 30.5 Å². The first-order valence-electron chi connectivity index (χ1n) is 6.15. The molecule has 3 rings (SSSR count). The van der Waals surface area contributed by atoms with Gasteiger partial charge in [-0.1, -0.05) is 11.6 Å². The van der Waals surface area contributed by atoms with Gasteiger partial charge in [0.1, 0.15) is 6.10 Å². The summed E-state index contributed by atoms with van der Waals surface area (Å²) >= 11 is 6.00. The molecule has 2 aliphatic rings. The third-order valence-electron chi connectivity index (χ3n) is 3.29. The Morgan fingerprint density at radius 2 is 1.82 bits per heavy atom. The average Bonchev–Trinajstić information content (AvgIpc) is 2.19. The Morgan fingerprint density at radius 1 is 1.06 bits per heavy atom. The first kappa shape index (κ1) is 11.2. The highest BCUT2D eigenvalue weighted by atomic mass is 35.5. The van der Waals surface area contributed by atoms with Gasteiger partial charge in [0.15, 0.2) is 11.5 Å². The van der Waals surface area contributed by atoms with Crippen molar-refractivity contribution in [1.82, 2.24) is 5.32 Å². The lowest BCUT2D eigenvalue weighted by molar-refractivity contribution is 0.0991. The highest BCUT2D eigenvalue weighted by molar-refractivity contribution is 6.30. The molecular formula is C13H16ClNO2. The van der Waals surface area contributed by atoms with Crippen molar-refractivity contribution >= 4 is 11.6 Å². The molecule has 1 aromatic rings. The molecule has 3 nitrogen and oxygen atoms in total. The number of rotatable bonds is 4. The second-order valence-corrected chi connectivity index (χ2v) is 5.10. The normalized spacial score (nSPS) is 20.5. The van der Waals surface area contributed by atoms with Crippen LogP contribution in [-0.2, 0) is 0 Å². The average molecular weight is 254 g/mol. The maximum Gasteiger partial charge on any atom is 0.163 e. The summed E-state index contributed by atoms with van der Waals surface area (Å²) in [5.74, 6) is 1.60. The zero-order valence-corrected chi connectivity index (χ0v) is 10.4. The van der Waals surface area contributed by atoms with Crippen molar-refractivity contribution in [3.8, 4) is 11.5 Å². The zero-order valence-electron chi connectivity index (χ0n) is 9.62. The number of hydrogen-bond donors (Lipinski definition) is 1. The Balaban J connectivity index is 1.74. The molecule has 17 heavy (non-hydrogen) atoms. The Labute approximate surface area is 106 Å². The van der Waals surface area contributed by atoms with E-state index in [0.29, 0.717) is 11.1 Å². The van der Waals surface area contributed by atoms with E-state index in [-0.39, 0.29) is 6.10 Å². The van der Waals surface area contributed by atoms with Gasteiger partial charge in [-0.15, -0.1) is 0 Å². The minimum atomic E-state index is 0.264. The summed E-state index contributed by atoms with van der Waals surface area (Å²) < 4.78 is 11.8. The highest BCUT2D eigenvalue weighted by Crippen LogP contribution is 2.35. The molecule has 1 saturated heterocycles. The van der Waals surface area contributed by atoms with Gasteiger partial charge in [-0.3, -0.25) is 0 Å². The molecule has 1 N–H and O–H groups in total. The monoisotopic (exact) mass is 253 g/mol. The van der Waals surface area contributed by atoms with E-state index >= 15 is 0 Å². The van der Waals surface area contributed by atoms with Crippen LogP contribution >= 0.6 is 11.6 Å². The van der Waals surface area contributed by atoms with Gasteiger partial charge in [0, 0.05) is 24.2 Å². The standard InChI is InChI=1S/C13H16ClNO2/c14-9-4-5-12(17-11-7-15-8-11)13(6-9)16-10-2-1-3-10/h4-6,10-11,15H,1-3,7-8H2. The lowest BCUT2D eigenvalue weighted by Gasteiger charge is -2.31. The Morgan fingerprint density at radius 3 is 2.41 bits per heavy atom. The van der Waals surface area contributed by atoms with Crippen LogP contribution in [-0.4, -0.2) is 25.3 Å². The quantitative estimate of drug-likeness (QED) is 0.895. The summed E-state index contributed by atoms with van der Waals surface area (Å²) in [6.07, 6.45) is 4.14. The maximum atomic E-state index is 6.00. The molecule has 0 radical (unpaired) electrons. The number of ether oxygens (including phenoxy) is 2. The van der Waals surface area contributed by atoms with Crippen LogP contribution in [0.1, 0.15) is 19.3 Å². The maximum absolute atomic E-state index is 6.00. The van der Waals surface area contributed by atoms with Crippen LogP contribution in [0.4, 0.5) is 0 Å². The van der Waals surface area contributed by atoms with E-state index in [9.17, 15) is 0 Å². The third kappa shape index (κ3) is 2.50. The van der Waals surface area contributed by atoms with Crippen LogP contribution in [0.15, 0.2) is 18.2 Å². The number of halogens is 1. The minimum absolute atomic E-state index is 0.264. The molecule has 1 aliphatic heterocycles. The van der Waals surface area contributed by atoms with Gasteiger partial charge < -0.3 is 14.8 Å². The lowest BCUT2D eigenvalue weighted by Crippen LogP contribution is -2.50. The highest BCUT2D eigenvalue weighted by Gasteiger charge is 2.23. The van der Waals surface area contributed by atoms with Gasteiger partial charge in [0.25, 0.3) is 0 Å². The van der Waals surface area contributed by atoms with Crippen molar-refractivity contribution in [3.05, 3.63) is 23.2 Å². The molecule has 4 heteroatoms. The Kier molecular flexibility index (Phi) is 3.12. The van der Waals surface area contributed by atoms with E-state index in [2.05, 4.69) is 5.32 Å². The van der Waals surface area contributed by atoms with Gasteiger partial charge in [0.05, 0.1) is 6.10 Å². The number of hydrogen-bond acceptors (Lipinski definition) is 3. The van der Waals surface area contributed by atoms with Gasteiger partial charge >= 0.3 is 0 Å². The smallest absolute Gasteiger partial charge is 0.163 e. The summed E-state index contributed by atoms with van der Waals surface area (Å²) in [6.45, 7) is 1.82. The predicted molar refractivity (Wildman–Crippen MR) is 67.0 cm³/mol. The van der Waals surface area contributed by atoms with Crippen LogP contribution < -0.4 is 14.8 Å². The summed E-state index contributed by atoms with van der Waals surface area (Å²) in [5, 5.41) is 3.88. The zero-order chi connectivity index (χ0) is 11.7. The van der Waals surface area contributed by atoms with Gasteiger partial charge in [-0.05, 0) is 31.4 Å². The molecule has 92 valence electrons. The van der Waals surface area contributed by atoms with Crippen LogP contribution in [0.3, 0.4) is 0 Å². The number of benzene rings is 1. The number of nitrogens with one attached hydrogen (secondary N) is 1. The van der Waals surface area contributed by atoms with Gasteiger partial charge in [-0.25, -0.2) is 0 Å². The van der Waals surface area contributed by atoms with Gasteiger partial charge in [-0.2, -0.15) is 0 Å². The summed E-state index contributed by atoms with van der Waals surface area (Å²) in [4.78, 5) is 0. The minimum Gasteiger partial charge on any atom is -0.486 e. The van der Waals surface area contributed by atoms with E-state index in [1.807, 2.05) is 18.2 Å². The first-order valence-corrected chi connectivity index (χ1v) is 6.52. The van der Waals surface area contributed by atoms with Crippen molar-refractivity contribution in [2.45, 2.75) is 31.5 Å². The molecular weight excluding hydrogens is 238 g/mol. The van der Waals surface area contributed by atoms with E-state index in [1.165, 1.54) is 6.42 Å². The van der Waals surface area contributed by atoms with Crippen LogP contribution in [0.5, 0.6) is 11.5 Å². The second kappa shape index (κ2) is 4.75. The van der Waals surface area contributed by atoms with E-state index in [4.69, 9.17) is 21.1 Å². The lowest BCUT2D eigenvalue weighted by atomic mass is 9.96. The molecule has 1 heterocycles. The van der Waals surface area contributed by atoms with Crippen molar-refractivity contribution < 1.29 is 9.47 Å². The van der Waals surface area contributed by atoms with E-state index in [0.717, 1.165) is 37.4 Å². The molecule has 0 aromatic heterocycles. The van der Waals surface area contributed by atoms with Crippen molar-refractivity contribution in [2.75, 3.05) is 13.1 Å². The first-order chi connectivity index (χ1) is 8.31. The molecule has 0 spiro atoms. The fraction of sp³-hybridized carbons (Fsp3) is 0.538. The molecule has 1 aliphatic carbocycles. The predicted octanol–water partition coefficient (Wildman–Crippen LogP) is 2.62. The molecule has 2 fully saturated rings. The fourth-order valence-electron chi connectivity index (χ4n) is 1.86. The van der Waals surface area contributed by atoms with Gasteiger partial charge in [0.2, 0.25) is 0 Å². The largest absolute Gasteiger partial charge is 0.486 e. The Hall–Kier alpha value is -0.930. The van der Waals surface area contributed by atoms with Crippen molar-refractivity contribution in [2.24, 2.45) is 0 Å². The van der Waals surface area contributed by atoms with Crippen molar-refractivity contribution in [3.63, 3.8) is 0 Å². The molecule has 1 aromatic carbocycles. The van der Waals surface area contributed by atoms with Crippen LogP contribution in [0, 0.1) is 0 Å². The van der Waals surface area contributed by atoms with Crippen LogP contribution in [0.25, 0.3) is 0 Å². The molecule has 0 bridgehead atoms. The van der Waals surface area contributed by atoms with E-state index in [1.54, 1.807) is 0 Å². The molecule has 0 atom stereocenters. The molecule has 0 amide bonds. The summed E-state index contributed by atoms with van der Waals surface area (Å²) in [6, 6.07) is 5.59. The van der Waals surface area contributed by atoms with E-state index < -0.39 is 0 Å². The third-order valence-corrected chi connectivity index (χ3v) is 3.52. The summed E-state index contributed by atoms with van der Waals surface area (Å²) in [5.41, 5.74) is 0. The summed E-state index contributed by atoms with van der Waals surface area (Å²) in [7, 11) is 0. The van der Waals surface area contributed by atoms with Crippen molar-refractivity contribution in [1.29, 1.82) is 0 Å². The molecule has 1 saturated carbocycles. The fourth-order valence-corrected chi connectivity index (χ4v) is 2.03.